The van der Waals surface area contributed by atoms with Gasteiger partial charge in [0.05, 0.1) is 41.6 Å². The molecule has 0 radical (unpaired) electrons. The summed E-state index contributed by atoms with van der Waals surface area (Å²) in [7, 11) is -4.20. The highest BCUT2D eigenvalue weighted by Gasteiger charge is 2.27. The Hall–Kier alpha value is -5.47. The van der Waals surface area contributed by atoms with E-state index in [-0.39, 0.29) is 46.7 Å². The van der Waals surface area contributed by atoms with Crippen LogP contribution in [0.2, 0.25) is 10.0 Å². The van der Waals surface area contributed by atoms with Crippen molar-refractivity contribution in [3.63, 3.8) is 0 Å². The molecule has 2 aromatic heterocycles. The van der Waals surface area contributed by atoms with Crippen molar-refractivity contribution in [2.45, 2.75) is 12.4 Å². The normalized spacial score (nSPS) is 11.3. The molecule has 360 valence electrons. The second kappa shape index (κ2) is 22.5. The second-order valence-electron chi connectivity index (χ2n) is 14.9. The number of carbonyl (C=O) groups is 2. The van der Waals surface area contributed by atoms with Gasteiger partial charge in [-0.3, -0.25) is 18.6 Å². The third-order valence-corrected chi connectivity index (χ3v) is 13.7. The zero-order valence-electron chi connectivity index (χ0n) is 36.6. The lowest BCUT2D eigenvalue weighted by molar-refractivity contribution is 0.0956. The molecule has 0 aliphatic heterocycles. The molecule has 0 atom stereocenters. The first-order valence-electron chi connectivity index (χ1n) is 20.1. The lowest BCUT2D eigenvalue weighted by Gasteiger charge is -2.23. The van der Waals surface area contributed by atoms with Gasteiger partial charge in [-0.05, 0) is 128 Å². The molecule has 0 aliphatic carbocycles. The molecule has 0 unspecified atom stereocenters. The predicted molar refractivity (Wildman–Crippen MR) is 277 cm³/mol. The quantitative estimate of drug-likeness (QED) is 0.108. The number of nitrogens with one attached hydrogen (secondary N) is 3. The number of carbonyl (C=O) groups excluding carboxylic acids is 2. The summed E-state index contributed by atoms with van der Waals surface area (Å²) in [6, 6.07) is 31.8. The maximum atomic E-state index is 13.5. The van der Waals surface area contributed by atoms with E-state index in [1.54, 1.807) is 42.5 Å². The van der Waals surface area contributed by atoms with E-state index in [4.69, 9.17) is 43.6 Å². The number of nitrogens with zero attached hydrogens (tertiary/aromatic N) is 1. The zero-order valence-corrected chi connectivity index (χ0v) is 43.7. The summed E-state index contributed by atoms with van der Waals surface area (Å²) in [6.45, 7) is 0.0634. The maximum Gasteiger partial charge on any atom is 0.255 e. The molecule has 6 aromatic carbocycles. The van der Waals surface area contributed by atoms with Gasteiger partial charge in [0.25, 0.3) is 11.8 Å². The minimum absolute atomic E-state index is 0.0634. The molecule has 2 amide bonds. The van der Waals surface area contributed by atoms with E-state index in [0.717, 1.165) is 28.7 Å². The van der Waals surface area contributed by atoms with Gasteiger partial charge in [0, 0.05) is 73.0 Å². The number of sulfonamides is 2. The second-order valence-corrected chi connectivity index (χ2v) is 21.4. The fourth-order valence-corrected chi connectivity index (χ4v) is 9.85. The van der Waals surface area contributed by atoms with E-state index < -0.39 is 31.7 Å². The molecule has 0 aliphatic rings. The summed E-state index contributed by atoms with van der Waals surface area (Å²) < 4.78 is 91.5. The summed E-state index contributed by atoms with van der Waals surface area (Å²) in [4.78, 5) is 25.1. The standard InChI is InChI=1S/C24H19BrClFN2O4S.C17H14BrFN2O4S.C7H6Cl2/c1-28-24(30)22-18-11-19(25)20(12-21(18)33-23(22)15-5-9-17(27)10-6-15)29(34(2,31)32)13-14-3-7-16(26)8-4-14;1-20-17(22)15-11-7-12(18)13(21-26(2,23)24)8-14(11)25-16(15)9-3-5-10(19)6-4-9;8-5-6-1-3-7(9)4-2-6/h3-12H,13H2,1-2H3,(H,28,30);3-8,21H,1-2H3,(H,20,22);1-4H,5H2. The molecule has 12 nitrogen and oxygen atoms in total. The average molecular weight is 1170 g/mol. The summed E-state index contributed by atoms with van der Waals surface area (Å²) in [6.07, 6.45) is 2.15. The predicted octanol–water partition coefficient (Wildman–Crippen LogP) is 12.8. The number of benzene rings is 6. The first-order valence-corrected chi connectivity index (χ1v) is 26.7. The number of furan rings is 2. The SMILES string of the molecule is CNC(=O)c1c(-c2ccc(F)cc2)oc2cc(N(Cc3ccc(Cl)cc3)S(C)(=O)=O)c(Br)cc12.CNC(=O)c1c(-c2ccc(F)cc2)oc2cc(NS(C)(=O)=O)c(Br)cc12.ClCc1ccc(Cl)cc1. The van der Waals surface area contributed by atoms with E-state index in [2.05, 4.69) is 47.2 Å². The first-order chi connectivity index (χ1) is 32.6. The minimum Gasteiger partial charge on any atom is -0.455 e. The summed E-state index contributed by atoms with van der Waals surface area (Å²) in [5.74, 6) is -0.523. The molecule has 21 heteroatoms. The Morgan fingerprint density at radius 2 is 1.04 bits per heavy atom. The van der Waals surface area contributed by atoms with Crippen LogP contribution in [0.15, 0.2) is 139 Å². The topological polar surface area (TPSA) is 168 Å². The van der Waals surface area contributed by atoms with Crippen LogP contribution < -0.4 is 19.7 Å². The van der Waals surface area contributed by atoms with Gasteiger partial charge in [0.1, 0.15) is 34.3 Å². The Balaban J connectivity index is 0.000000196. The molecule has 3 N–H and O–H groups in total. The maximum absolute atomic E-state index is 13.5. The van der Waals surface area contributed by atoms with Gasteiger partial charge < -0.3 is 19.5 Å². The molecule has 2 heterocycles. The molecule has 0 fully saturated rings. The van der Waals surface area contributed by atoms with Crippen LogP contribution in [0.1, 0.15) is 31.8 Å². The van der Waals surface area contributed by atoms with Crippen LogP contribution >= 0.6 is 66.7 Å². The minimum atomic E-state index is -3.69. The number of halogens is 7. The van der Waals surface area contributed by atoms with Gasteiger partial charge in [-0.2, -0.15) is 0 Å². The van der Waals surface area contributed by atoms with Gasteiger partial charge in [0.15, 0.2) is 0 Å². The smallest absolute Gasteiger partial charge is 0.255 e. The summed E-state index contributed by atoms with van der Waals surface area (Å²) >= 11 is 23.9. The van der Waals surface area contributed by atoms with E-state index >= 15 is 0 Å². The molecule has 8 aromatic rings. The number of alkyl halides is 1. The Bertz CT molecular complexity index is 3400. The van der Waals surface area contributed by atoms with Crippen LogP contribution in [0.4, 0.5) is 20.2 Å². The van der Waals surface area contributed by atoms with Crippen LogP contribution in [-0.4, -0.2) is 55.3 Å². The Morgan fingerprint density at radius 3 is 1.45 bits per heavy atom. The van der Waals surface area contributed by atoms with Gasteiger partial charge in [-0.15, -0.1) is 11.6 Å². The molecule has 0 spiro atoms. The molecular weight excluding hydrogens is 1130 g/mol. The lowest BCUT2D eigenvalue weighted by atomic mass is 10.0. The molecular formula is C48H39Br2Cl3F2N4O8S2. The Labute approximate surface area is 428 Å². The van der Waals surface area contributed by atoms with E-state index in [1.807, 2.05) is 24.3 Å². The number of fused-ring (bicyclic) bond motifs is 2. The van der Waals surface area contributed by atoms with Crippen molar-refractivity contribution in [2.24, 2.45) is 0 Å². The van der Waals surface area contributed by atoms with Crippen molar-refractivity contribution < 1.29 is 44.0 Å². The molecule has 0 saturated carbocycles. The van der Waals surface area contributed by atoms with E-state index in [0.29, 0.717) is 58.6 Å². The fraction of sp³-hybridized carbons (Fsp3) is 0.125. The number of hydrogen-bond acceptors (Lipinski definition) is 8. The Morgan fingerprint density at radius 1 is 0.623 bits per heavy atom. The van der Waals surface area contributed by atoms with E-state index in [9.17, 15) is 35.2 Å². The fourth-order valence-electron chi connectivity index (χ4n) is 6.71. The van der Waals surface area contributed by atoms with Crippen LogP contribution in [0.5, 0.6) is 0 Å². The van der Waals surface area contributed by atoms with E-state index in [1.165, 1.54) is 73.0 Å². The lowest BCUT2D eigenvalue weighted by Crippen LogP contribution is -2.29. The van der Waals surface area contributed by atoms with Gasteiger partial charge in [0.2, 0.25) is 20.0 Å². The summed E-state index contributed by atoms with van der Waals surface area (Å²) in [5, 5.41) is 7.42. The highest BCUT2D eigenvalue weighted by molar-refractivity contribution is 9.11. The van der Waals surface area contributed by atoms with Crippen molar-refractivity contribution in [3.05, 3.63) is 174 Å². The number of rotatable bonds is 11. The van der Waals surface area contributed by atoms with Crippen molar-refractivity contribution in [3.8, 4) is 22.6 Å². The molecule has 0 saturated heterocycles. The van der Waals surface area contributed by atoms with Crippen LogP contribution in [0.25, 0.3) is 44.6 Å². The van der Waals surface area contributed by atoms with Crippen LogP contribution in [0, 0.1) is 11.6 Å². The molecule has 69 heavy (non-hydrogen) atoms. The third kappa shape index (κ3) is 13.2. The van der Waals surface area contributed by atoms with Crippen molar-refractivity contribution in [1.29, 1.82) is 0 Å². The third-order valence-electron chi connectivity index (χ3n) is 9.93. The van der Waals surface area contributed by atoms with Crippen LogP contribution in [0.3, 0.4) is 0 Å². The Kier molecular flexibility index (Phi) is 17.3. The highest BCUT2D eigenvalue weighted by Crippen LogP contribution is 2.41. The summed E-state index contributed by atoms with van der Waals surface area (Å²) in [5.41, 5.74) is 4.65. The first kappa shape index (κ1) is 52.9. The number of anilines is 2. The number of hydrogen-bond donors (Lipinski definition) is 3. The highest BCUT2D eigenvalue weighted by atomic mass is 79.9. The van der Waals surface area contributed by atoms with Crippen molar-refractivity contribution in [1.82, 2.24) is 10.6 Å². The van der Waals surface area contributed by atoms with Gasteiger partial charge >= 0.3 is 0 Å². The molecule has 0 bridgehead atoms. The zero-order chi connectivity index (χ0) is 50.4. The average Bonchev–Trinajstić information content (AvgIpc) is 3.86. The van der Waals surface area contributed by atoms with Gasteiger partial charge in [-0.1, -0.05) is 47.5 Å². The molecule has 8 rings (SSSR count). The monoisotopic (exact) mass is 1160 g/mol. The van der Waals surface area contributed by atoms with Crippen molar-refractivity contribution in [2.75, 3.05) is 35.6 Å². The van der Waals surface area contributed by atoms with Gasteiger partial charge in [-0.25, -0.2) is 25.6 Å². The van der Waals surface area contributed by atoms with Crippen LogP contribution in [-0.2, 0) is 32.5 Å². The van der Waals surface area contributed by atoms with Crippen molar-refractivity contribution >= 4 is 132 Å². The number of amides is 2. The largest absolute Gasteiger partial charge is 0.455 e.